The summed E-state index contributed by atoms with van der Waals surface area (Å²) in [5, 5.41) is 11.6. The Bertz CT molecular complexity index is 1220. The molecular formula is C24H30FN7O. The minimum atomic E-state index is -0.748. The van der Waals surface area contributed by atoms with Gasteiger partial charge in [0.15, 0.2) is 17.3 Å². The first-order valence-corrected chi connectivity index (χ1v) is 11.6. The first-order valence-electron chi connectivity index (χ1n) is 11.6. The molecule has 0 spiro atoms. The van der Waals surface area contributed by atoms with Crippen LogP contribution in [0.3, 0.4) is 0 Å². The zero-order valence-electron chi connectivity index (χ0n) is 19.2. The van der Waals surface area contributed by atoms with Crippen molar-refractivity contribution in [3.8, 4) is 0 Å². The van der Waals surface area contributed by atoms with Gasteiger partial charge in [0.2, 0.25) is 0 Å². The molecule has 5 rings (SSSR count). The second-order valence-electron chi connectivity index (χ2n) is 9.58. The van der Waals surface area contributed by atoms with Gasteiger partial charge in [-0.1, -0.05) is 26.2 Å². The van der Waals surface area contributed by atoms with Gasteiger partial charge in [-0.15, -0.1) is 0 Å². The van der Waals surface area contributed by atoms with Crippen molar-refractivity contribution in [3.05, 3.63) is 35.4 Å². The summed E-state index contributed by atoms with van der Waals surface area (Å²) < 4.78 is 16.6. The van der Waals surface area contributed by atoms with E-state index in [1.165, 1.54) is 25.7 Å². The number of anilines is 3. The second kappa shape index (κ2) is 8.28. The molecule has 8 nitrogen and oxygen atoms in total. The quantitative estimate of drug-likeness (QED) is 0.516. The molecule has 4 unspecified atom stereocenters. The van der Waals surface area contributed by atoms with E-state index in [0.717, 1.165) is 29.2 Å². The molecule has 0 saturated heterocycles. The number of nitrogens with one attached hydrogen (secondary N) is 2. The molecule has 9 heteroatoms. The highest BCUT2D eigenvalue weighted by Gasteiger charge is 2.45. The van der Waals surface area contributed by atoms with Crippen LogP contribution in [0.1, 0.15) is 55.1 Å². The van der Waals surface area contributed by atoms with E-state index in [4.69, 9.17) is 5.73 Å². The fraction of sp³-hybridized carbons (Fsp3) is 0.500. The molecule has 3 aromatic heterocycles. The fourth-order valence-corrected chi connectivity index (χ4v) is 5.40. The molecule has 3 aromatic rings. The van der Waals surface area contributed by atoms with Gasteiger partial charge in [-0.3, -0.25) is 9.48 Å². The summed E-state index contributed by atoms with van der Waals surface area (Å²) in [4.78, 5) is 20.9. The van der Waals surface area contributed by atoms with Crippen LogP contribution in [0.5, 0.6) is 0 Å². The summed E-state index contributed by atoms with van der Waals surface area (Å²) in [5.41, 5.74) is 7.72. The van der Waals surface area contributed by atoms with Crippen molar-refractivity contribution in [1.29, 1.82) is 0 Å². The number of pyridine rings is 2. The minimum absolute atomic E-state index is 0.00527. The number of hydrogen-bond donors (Lipinski definition) is 3. The Kier molecular flexibility index (Phi) is 5.42. The van der Waals surface area contributed by atoms with Gasteiger partial charge in [-0.25, -0.2) is 14.4 Å². The third-order valence-corrected chi connectivity index (χ3v) is 7.26. The maximum Gasteiger partial charge on any atom is 0.252 e. The van der Waals surface area contributed by atoms with Crippen molar-refractivity contribution in [2.75, 3.05) is 10.6 Å². The number of aryl methyl sites for hydroxylation is 2. The molecule has 0 radical (unpaired) electrons. The third-order valence-electron chi connectivity index (χ3n) is 7.26. The Morgan fingerprint density at radius 2 is 2.00 bits per heavy atom. The number of amides is 1. The predicted octanol–water partition coefficient (Wildman–Crippen LogP) is 4.28. The van der Waals surface area contributed by atoms with E-state index in [1.807, 2.05) is 20.0 Å². The Balaban J connectivity index is 1.40. The monoisotopic (exact) mass is 451 g/mol. The molecule has 2 saturated carbocycles. The number of carbonyl (C=O) groups excluding carboxylic acids is 1. The minimum Gasteiger partial charge on any atom is -0.365 e. The topological polar surface area (TPSA) is 111 Å². The lowest BCUT2D eigenvalue weighted by Crippen LogP contribution is -2.22. The number of primary amides is 1. The normalized spacial score (nSPS) is 24.6. The van der Waals surface area contributed by atoms with Crippen LogP contribution in [0.4, 0.5) is 21.7 Å². The number of hydrogen-bond acceptors (Lipinski definition) is 6. The van der Waals surface area contributed by atoms with Gasteiger partial charge in [0, 0.05) is 18.5 Å². The van der Waals surface area contributed by atoms with Crippen molar-refractivity contribution in [3.63, 3.8) is 0 Å². The zero-order chi connectivity index (χ0) is 23.3. The van der Waals surface area contributed by atoms with Gasteiger partial charge < -0.3 is 16.4 Å². The van der Waals surface area contributed by atoms with Crippen LogP contribution in [0.25, 0.3) is 11.0 Å². The van der Waals surface area contributed by atoms with Crippen LogP contribution in [-0.2, 0) is 7.05 Å². The van der Waals surface area contributed by atoms with Crippen LogP contribution in [-0.4, -0.2) is 31.7 Å². The second-order valence-corrected chi connectivity index (χ2v) is 9.58. The number of aromatic nitrogens is 4. The van der Waals surface area contributed by atoms with Crippen LogP contribution in [0, 0.1) is 30.5 Å². The Labute approximate surface area is 192 Å². The maximum absolute atomic E-state index is 14.8. The van der Waals surface area contributed by atoms with E-state index in [9.17, 15) is 9.18 Å². The number of nitrogens with two attached hydrogens (primary N) is 1. The molecule has 2 aliphatic carbocycles. The maximum atomic E-state index is 14.8. The molecule has 0 aliphatic heterocycles. The summed E-state index contributed by atoms with van der Waals surface area (Å²) in [5.74, 6) is 0.968. The molecular weight excluding hydrogens is 421 g/mol. The molecule has 1 amide bonds. The third kappa shape index (κ3) is 4.12. The lowest BCUT2D eigenvalue weighted by molar-refractivity contribution is 0.100. The highest BCUT2D eigenvalue weighted by Crippen LogP contribution is 2.48. The molecule has 2 fully saturated rings. The summed E-state index contributed by atoms with van der Waals surface area (Å²) in [7, 11) is 1.83. The molecule has 3 heterocycles. The number of halogens is 1. The van der Waals surface area contributed by atoms with Gasteiger partial charge in [0.1, 0.15) is 5.82 Å². The fourth-order valence-electron chi connectivity index (χ4n) is 5.40. The smallest absolute Gasteiger partial charge is 0.252 e. The van der Waals surface area contributed by atoms with Gasteiger partial charge >= 0.3 is 0 Å². The predicted molar refractivity (Wildman–Crippen MR) is 126 cm³/mol. The molecule has 4 N–H and O–H groups in total. The molecule has 0 bridgehead atoms. The van der Waals surface area contributed by atoms with Crippen molar-refractivity contribution in [1.82, 2.24) is 19.7 Å². The van der Waals surface area contributed by atoms with Crippen LogP contribution < -0.4 is 16.4 Å². The van der Waals surface area contributed by atoms with E-state index in [1.54, 1.807) is 10.9 Å². The lowest BCUT2D eigenvalue weighted by Gasteiger charge is -2.29. The summed E-state index contributed by atoms with van der Waals surface area (Å²) in [6, 6.07) is 3.25. The largest absolute Gasteiger partial charge is 0.365 e. The van der Waals surface area contributed by atoms with E-state index in [2.05, 4.69) is 32.6 Å². The highest BCUT2D eigenvalue weighted by molar-refractivity contribution is 5.99. The van der Waals surface area contributed by atoms with E-state index < -0.39 is 11.7 Å². The molecule has 2 aliphatic rings. The van der Waals surface area contributed by atoms with Crippen molar-refractivity contribution in [2.24, 2.45) is 30.5 Å². The van der Waals surface area contributed by atoms with E-state index in [-0.39, 0.29) is 23.2 Å². The zero-order valence-corrected chi connectivity index (χ0v) is 19.2. The Morgan fingerprint density at radius 1 is 1.21 bits per heavy atom. The van der Waals surface area contributed by atoms with Gasteiger partial charge in [0.05, 0.1) is 23.1 Å². The van der Waals surface area contributed by atoms with Crippen LogP contribution in [0.2, 0.25) is 0 Å². The van der Waals surface area contributed by atoms with Gasteiger partial charge in [-0.05, 0) is 49.7 Å². The van der Waals surface area contributed by atoms with E-state index in [0.29, 0.717) is 23.4 Å². The lowest BCUT2D eigenvalue weighted by atomic mass is 9.77. The average molecular weight is 452 g/mol. The first-order chi connectivity index (χ1) is 15.8. The molecule has 0 aromatic carbocycles. The standard InChI is InChI=1S/C24H30FN7O/c1-12-6-4-5-7-15(12)17-10-20(17)29-23-19(25)9-18(21(26)33)22(30-23)28-14-8-16-13(2)31-32(3)24(16)27-11-14/h8-9,11-12,15,17,20H,4-7,10H2,1-3H3,(H2,26,33)(H2,28,29,30). The van der Waals surface area contributed by atoms with E-state index >= 15 is 0 Å². The van der Waals surface area contributed by atoms with Crippen LogP contribution >= 0.6 is 0 Å². The highest BCUT2D eigenvalue weighted by atomic mass is 19.1. The Morgan fingerprint density at radius 3 is 2.76 bits per heavy atom. The molecule has 4 atom stereocenters. The summed E-state index contributed by atoms with van der Waals surface area (Å²) >= 11 is 0. The van der Waals surface area contributed by atoms with Gasteiger partial charge in [-0.2, -0.15) is 5.10 Å². The van der Waals surface area contributed by atoms with Crippen molar-refractivity contribution in [2.45, 2.75) is 52.0 Å². The summed E-state index contributed by atoms with van der Waals surface area (Å²) in [6.45, 7) is 4.23. The Hall–Kier alpha value is -3.23. The number of fused-ring (bicyclic) bond motifs is 1. The number of rotatable bonds is 6. The van der Waals surface area contributed by atoms with Crippen molar-refractivity contribution < 1.29 is 9.18 Å². The molecule has 33 heavy (non-hydrogen) atoms. The van der Waals surface area contributed by atoms with Crippen molar-refractivity contribution >= 4 is 34.3 Å². The van der Waals surface area contributed by atoms with Gasteiger partial charge in [0.25, 0.3) is 5.91 Å². The van der Waals surface area contributed by atoms with Crippen LogP contribution in [0.15, 0.2) is 18.3 Å². The first kappa shape index (κ1) is 21.6. The number of nitrogens with zero attached hydrogens (tertiary/aromatic N) is 4. The summed E-state index contributed by atoms with van der Waals surface area (Å²) in [6.07, 6.45) is 7.76. The average Bonchev–Trinajstić information content (AvgIpc) is 3.48. The molecule has 174 valence electrons. The SMILES string of the molecule is Cc1nn(C)c2ncc(Nc3nc(NC4CC4C4CCCCC4C)c(F)cc3C(N)=O)cc12. The number of carbonyl (C=O) groups is 1.